The monoisotopic (exact) mass is 223 g/mol. The molecule has 16 heavy (non-hydrogen) atoms. The van der Waals surface area contributed by atoms with Crippen molar-refractivity contribution in [3.05, 3.63) is 18.0 Å². The van der Waals surface area contributed by atoms with Gasteiger partial charge in [0.15, 0.2) is 0 Å². The van der Waals surface area contributed by atoms with Crippen LogP contribution in [0, 0.1) is 11.8 Å². The van der Waals surface area contributed by atoms with E-state index in [4.69, 9.17) is 0 Å². The highest BCUT2D eigenvalue weighted by Crippen LogP contribution is 2.27. The zero-order chi connectivity index (χ0) is 12.1. The number of aryl methyl sites for hydroxylation is 1. The van der Waals surface area contributed by atoms with Gasteiger partial charge in [-0.1, -0.05) is 27.7 Å². The lowest BCUT2D eigenvalue weighted by molar-refractivity contribution is 0.293. The van der Waals surface area contributed by atoms with Gasteiger partial charge >= 0.3 is 0 Å². The lowest BCUT2D eigenvalue weighted by Crippen LogP contribution is -2.31. The Morgan fingerprint density at radius 3 is 2.50 bits per heavy atom. The van der Waals surface area contributed by atoms with Crippen LogP contribution in [0.4, 0.5) is 0 Å². The van der Waals surface area contributed by atoms with Gasteiger partial charge in [0.1, 0.15) is 0 Å². The van der Waals surface area contributed by atoms with Crippen molar-refractivity contribution < 1.29 is 0 Å². The number of hydrogen-bond donors (Lipinski definition) is 1. The molecule has 3 nitrogen and oxygen atoms in total. The van der Waals surface area contributed by atoms with Crippen LogP contribution in [-0.4, -0.2) is 16.3 Å². The van der Waals surface area contributed by atoms with E-state index in [1.54, 1.807) is 0 Å². The van der Waals surface area contributed by atoms with Crippen LogP contribution in [0.25, 0.3) is 0 Å². The minimum Gasteiger partial charge on any atom is -0.309 e. The highest BCUT2D eigenvalue weighted by atomic mass is 15.3. The molecule has 1 aromatic rings. The SMILES string of the molecule is CCNC(c1ccnn1CC)C(C)C(C)C. The Bertz CT molecular complexity index is 304. The summed E-state index contributed by atoms with van der Waals surface area (Å²) in [6.45, 7) is 13.1. The van der Waals surface area contributed by atoms with Crippen molar-refractivity contribution in [1.29, 1.82) is 0 Å². The summed E-state index contributed by atoms with van der Waals surface area (Å²) < 4.78 is 2.09. The van der Waals surface area contributed by atoms with Crippen LogP contribution in [0.5, 0.6) is 0 Å². The van der Waals surface area contributed by atoms with E-state index in [0.29, 0.717) is 17.9 Å². The molecule has 0 aliphatic heterocycles. The first-order valence-corrected chi connectivity index (χ1v) is 6.36. The predicted octanol–water partition coefficient (Wildman–Crippen LogP) is 2.85. The van der Waals surface area contributed by atoms with E-state index in [0.717, 1.165) is 13.1 Å². The fraction of sp³-hybridized carbons (Fsp3) is 0.769. The van der Waals surface area contributed by atoms with E-state index >= 15 is 0 Å². The van der Waals surface area contributed by atoms with Crippen molar-refractivity contribution in [3.63, 3.8) is 0 Å². The quantitative estimate of drug-likeness (QED) is 0.803. The van der Waals surface area contributed by atoms with Gasteiger partial charge in [-0.3, -0.25) is 4.68 Å². The summed E-state index contributed by atoms with van der Waals surface area (Å²) in [5.41, 5.74) is 1.31. The summed E-state index contributed by atoms with van der Waals surface area (Å²) in [6.07, 6.45) is 1.90. The van der Waals surface area contributed by atoms with Gasteiger partial charge < -0.3 is 5.32 Å². The molecule has 92 valence electrons. The minimum atomic E-state index is 0.410. The Morgan fingerprint density at radius 1 is 1.31 bits per heavy atom. The molecule has 0 saturated carbocycles. The number of hydrogen-bond acceptors (Lipinski definition) is 2. The molecule has 0 aliphatic rings. The van der Waals surface area contributed by atoms with E-state index in [9.17, 15) is 0 Å². The van der Waals surface area contributed by atoms with Crippen molar-refractivity contribution >= 4 is 0 Å². The molecule has 0 aliphatic carbocycles. The molecule has 3 heteroatoms. The summed E-state index contributed by atoms with van der Waals surface area (Å²) in [6, 6.07) is 2.54. The van der Waals surface area contributed by atoms with E-state index < -0.39 is 0 Å². The number of aromatic nitrogens is 2. The maximum atomic E-state index is 4.36. The zero-order valence-corrected chi connectivity index (χ0v) is 11.2. The highest BCUT2D eigenvalue weighted by Gasteiger charge is 2.23. The lowest BCUT2D eigenvalue weighted by atomic mass is 9.88. The molecule has 0 fully saturated rings. The summed E-state index contributed by atoms with van der Waals surface area (Å²) in [7, 11) is 0. The first-order valence-electron chi connectivity index (χ1n) is 6.36. The van der Waals surface area contributed by atoms with Crippen molar-refractivity contribution in [2.45, 2.75) is 47.2 Å². The fourth-order valence-electron chi connectivity index (χ4n) is 2.04. The van der Waals surface area contributed by atoms with Crippen molar-refractivity contribution in [2.24, 2.45) is 11.8 Å². The first-order chi connectivity index (χ1) is 7.61. The second-order valence-corrected chi connectivity index (χ2v) is 4.71. The van der Waals surface area contributed by atoms with Crippen LogP contribution in [-0.2, 0) is 6.54 Å². The molecule has 0 aromatic carbocycles. The predicted molar refractivity (Wildman–Crippen MR) is 68.3 cm³/mol. The largest absolute Gasteiger partial charge is 0.309 e. The van der Waals surface area contributed by atoms with Crippen LogP contribution >= 0.6 is 0 Å². The van der Waals surface area contributed by atoms with E-state index in [-0.39, 0.29) is 0 Å². The first kappa shape index (κ1) is 13.2. The number of nitrogens with one attached hydrogen (secondary N) is 1. The normalized spacial score (nSPS) is 15.4. The van der Waals surface area contributed by atoms with E-state index in [1.165, 1.54) is 5.69 Å². The Labute approximate surface area is 99.2 Å². The van der Waals surface area contributed by atoms with Gasteiger partial charge in [-0.2, -0.15) is 5.10 Å². The van der Waals surface area contributed by atoms with Gasteiger partial charge in [-0.05, 0) is 31.4 Å². The summed E-state index contributed by atoms with van der Waals surface area (Å²) in [5.74, 6) is 1.28. The lowest BCUT2D eigenvalue weighted by Gasteiger charge is -2.28. The Kier molecular flexibility index (Phi) is 5.00. The highest BCUT2D eigenvalue weighted by molar-refractivity contribution is 5.08. The number of nitrogens with zero attached hydrogens (tertiary/aromatic N) is 2. The molecule has 0 bridgehead atoms. The van der Waals surface area contributed by atoms with Crippen LogP contribution in [0.2, 0.25) is 0 Å². The van der Waals surface area contributed by atoms with Crippen LogP contribution < -0.4 is 5.32 Å². The van der Waals surface area contributed by atoms with Gasteiger partial charge in [-0.15, -0.1) is 0 Å². The Hall–Kier alpha value is -0.830. The second kappa shape index (κ2) is 6.04. The van der Waals surface area contributed by atoms with Crippen molar-refractivity contribution in [2.75, 3.05) is 6.54 Å². The second-order valence-electron chi connectivity index (χ2n) is 4.71. The standard InChI is InChI=1S/C13H25N3/c1-6-14-13(11(5)10(3)4)12-8-9-15-16(12)7-2/h8-11,13-14H,6-7H2,1-5H3. The molecule has 0 spiro atoms. The maximum Gasteiger partial charge on any atom is 0.0556 e. The third-order valence-corrected chi connectivity index (χ3v) is 3.37. The van der Waals surface area contributed by atoms with Gasteiger partial charge in [-0.25, -0.2) is 0 Å². The minimum absolute atomic E-state index is 0.410. The van der Waals surface area contributed by atoms with Gasteiger partial charge in [0.25, 0.3) is 0 Å². The van der Waals surface area contributed by atoms with E-state index in [1.807, 2.05) is 6.20 Å². The summed E-state index contributed by atoms with van der Waals surface area (Å²) in [4.78, 5) is 0. The topological polar surface area (TPSA) is 29.9 Å². The fourth-order valence-corrected chi connectivity index (χ4v) is 2.04. The maximum absolute atomic E-state index is 4.36. The molecule has 1 heterocycles. The molecular weight excluding hydrogens is 198 g/mol. The molecule has 0 amide bonds. The summed E-state index contributed by atoms with van der Waals surface area (Å²) >= 11 is 0. The molecule has 0 saturated heterocycles. The molecular formula is C13H25N3. The molecule has 1 aromatic heterocycles. The molecule has 2 unspecified atom stereocenters. The molecule has 1 N–H and O–H groups in total. The average molecular weight is 223 g/mol. The Morgan fingerprint density at radius 2 is 2.00 bits per heavy atom. The molecule has 2 atom stereocenters. The van der Waals surface area contributed by atoms with Gasteiger partial charge in [0, 0.05) is 12.7 Å². The summed E-state index contributed by atoms with van der Waals surface area (Å²) in [5, 5.41) is 7.94. The van der Waals surface area contributed by atoms with Crippen LogP contribution in [0.15, 0.2) is 12.3 Å². The van der Waals surface area contributed by atoms with E-state index in [2.05, 4.69) is 55.8 Å². The van der Waals surface area contributed by atoms with Gasteiger partial charge in [0.2, 0.25) is 0 Å². The third-order valence-electron chi connectivity index (χ3n) is 3.37. The Balaban J connectivity index is 2.92. The zero-order valence-electron chi connectivity index (χ0n) is 11.2. The third kappa shape index (κ3) is 2.85. The van der Waals surface area contributed by atoms with Crippen molar-refractivity contribution in [1.82, 2.24) is 15.1 Å². The average Bonchev–Trinajstić information content (AvgIpc) is 2.72. The van der Waals surface area contributed by atoms with Crippen molar-refractivity contribution in [3.8, 4) is 0 Å². The van der Waals surface area contributed by atoms with Crippen LogP contribution in [0.1, 0.15) is 46.4 Å². The number of rotatable bonds is 6. The van der Waals surface area contributed by atoms with Crippen LogP contribution in [0.3, 0.4) is 0 Å². The smallest absolute Gasteiger partial charge is 0.0556 e. The van der Waals surface area contributed by atoms with Gasteiger partial charge in [0.05, 0.1) is 11.7 Å². The molecule has 1 rings (SSSR count). The molecule has 0 radical (unpaired) electrons.